The smallest absolute Gasteiger partial charge is 0.271 e. The molecule has 0 radical (unpaired) electrons. The van der Waals surface area contributed by atoms with Crippen LogP contribution in [0.25, 0.3) is 0 Å². The Bertz CT molecular complexity index is 987. The Morgan fingerprint density at radius 3 is 2.32 bits per heavy atom. The summed E-state index contributed by atoms with van der Waals surface area (Å²) >= 11 is 0. The van der Waals surface area contributed by atoms with E-state index in [0.717, 1.165) is 6.07 Å². The Kier molecular flexibility index (Phi) is 6.81. The minimum Gasteiger partial charge on any atom is -0.271 e. The van der Waals surface area contributed by atoms with Crippen LogP contribution in [0.5, 0.6) is 0 Å². The van der Waals surface area contributed by atoms with Gasteiger partial charge in [-0.15, -0.1) is 0 Å². The molecule has 0 bridgehead atoms. The normalized spacial score (nSPS) is 12.2. The Morgan fingerprint density at radius 2 is 1.79 bits per heavy atom. The maximum Gasteiger partial charge on any atom is 0.295 e. The minimum atomic E-state index is -3.82. The molecule has 0 aliphatic carbocycles. The molecule has 0 saturated heterocycles. The van der Waals surface area contributed by atoms with Crippen molar-refractivity contribution in [2.75, 3.05) is 18.5 Å². The summed E-state index contributed by atoms with van der Waals surface area (Å²) in [5.41, 5.74) is 3.34. The molecule has 0 heterocycles. The van der Waals surface area contributed by atoms with Gasteiger partial charge in [0.15, 0.2) is 0 Å². The van der Waals surface area contributed by atoms with Gasteiger partial charge in [0.25, 0.3) is 5.69 Å². The fraction of sp³-hybridized carbons (Fsp3) is 0.278. The molecular weight excluding hydrogens is 387 g/mol. The number of hydrogen-bond donors (Lipinski definition) is 1. The van der Waals surface area contributed by atoms with Crippen molar-refractivity contribution in [3.8, 4) is 0 Å². The molecule has 0 spiro atoms. The molecule has 10 heteroatoms. The number of benzene rings is 2. The summed E-state index contributed by atoms with van der Waals surface area (Å²) in [6.45, 7) is 5.56. The van der Waals surface area contributed by atoms with Crippen LogP contribution in [0.1, 0.15) is 26.3 Å². The van der Waals surface area contributed by atoms with Crippen LogP contribution in [0, 0.1) is 15.9 Å². The van der Waals surface area contributed by atoms with Gasteiger partial charge in [0.05, 0.1) is 15.5 Å². The van der Waals surface area contributed by atoms with E-state index >= 15 is 0 Å². The van der Waals surface area contributed by atoms with Gasteiger partial charge in [-0.1, -0.05) is 26.0 Å². The van der Waals surface area contributed by atoms with E-state index in [1.54, 1.807) is 20.8 Å². The molecule has 0 saturated carbocycles. The van der Waals surface area contributed by atoms with Crippen LogP contribution < -0.4 is 5.43 Å². The lowest BCUT2D eigenvalue weighted by Crippen LogP contribution is -2.30. The summed E-state index contributed by atoms with van der Waals surface area (Å²) < 4.78 is 39.4. The average molecular weight is 408 g/mol. The van der Waals surface area contributed by atoms with Crippen molar-refractivity contribution in [2.45, 2.75) is 25.7 Å². The summed E-state index contributed by atoms with van der Waals surface area (Å²) in [6.07, 6.45) is 0. The van der Waals surface area contributed by atoms with Gasteiger partial charge in [-0.3, -0.25) is 15.5 Å². The van der Waals surface area contributed by atoms with Crippen molar-refractivity contribution in [2.24, 2.45) is 5.10 Å². The van der Waals surface area contributed by atoms with Crippen molar-refractivity contribution < 1.29 is 17.7 Å². The molecule has 0 unspecified atom stereocenters. The van der Waals surface area contributed by atoms with E-state index in [2.05, 4.69) is 10.5 Å². The molecule has 0 amide bonds. The Balaban J connectivity index is 2.37. The quantitative estimate of drug-likeness (QED) is 0.408. The van der Waals surface area contributed by atoms with Gasteiger partial charge in [0.1, 0.15) is 11.5 Å². The topological polar surface area (TPSA) is 105 Å². The van der Waals surface area contributed by atoms with Crippen LogP contribution in [0.3, 0.4) is 0 Å². The monoisotopic (exact) mass is 408 g/mol. The van der Waals surface area contributed by atoms with E-state index in [4.69, 9.17) is 0 Å². The summed E-state index contributed by atoms with van der Waals surface area (Å²) in [7, 11) is -3.82. The van der Waals surface area contributed by atoms with Crippen LogP contribution in [-0.2, 0) is 10.0 Å². The second-order valence-corrected chi connectivity index (χ2v) is 7.78. The third-order valence-corrected chi connectivity index (χ3v) is 6.16. The van der Waals surface area contributed by atoms with Gasteiger partial charge in [-0.2, -0.15) is 9.41 Å². The number of nitro groups is 1. The molecule has 2 rings (SSSR count). The molecule has 1 N–H and O–H groups in total. The SMILES string of the molecule is CCN(CC)S(=O)(=O)c1ccc(N/N=C(\C)c2ccc(F)cc2)c([N+](=O)[O-])c1. The van der Waals surface area contributed by atoms with Crippen molar-refractivity contribution in [3.63, 3.8) is 0 Å². The first-order valence-corrected chi connectivity index (χ1v) is 9.99. The number of nitrogens with zero attached hydrogens (tertiary/aromatic N) is 3. The molecule has 150 valence electrons. The number of sulfonamides is 1. The summed E-state index contributed by atoms with van der Waals surface area (Å²) in [5, 5.41) is 15.5. The highest BCUT2D eigenvalue weighted by molar-refractivity contribution is 7.89. The lowest BCUT2D eigenvalue weighted by molar-refractivity contribution is -0.384. The molecule has 0 fully saturated rings. The average Bonchev–Trinajstić information content (AvgIpc) is 2.67. The van der Waals surface area contributed by atoms with E-state index in [9.17, 15) is 22.9 Å². The first kappa shape index (κ1) is 21.5. The van der Waals surface area contributed by atoms with Crippen molar-refractivity contribution in [3.05, 3.63) is 64.0 Å². The third-order valence-electron chi connectivity index (χ3n) is 4.12. The lowest BCUT2D eigenvalue weighted by Gasteiger charge is -2.18. The van der Waals surface area contributed by atoms with E-state index in [1.807, 2.05) is 0 Å². The van der Waals surface area contributed by atoms with Gasteiger partial charge in [-0.25, -0.2) is 12.8 Å². The fourth-order valence-corrected chi connectivity index (χ4v) is 4.01. The van der Waals surface area contributed by atoms with Crippen LogP contribution in [0.4, 0.5) is 15.8 Å². The number of hydrogen-bond acceptors (Lipinski definition) is 6. The zero-order chi connectivity index (χ0) is 20.9. The highest BCUT2D eigenvalue weighted by Crippen LogP contribution is 2.29. The predicted octanol–water partition coefficient (Wildman–Crippen LogP) is 3.60. The Labute approximate surface area is 162 Å². The molecule has 28 heavy (non-hydrogen) atoms. The number of anilines is 1. The van der Waals surface area contributed by atoms with Crippen LogP contribution in [0.2, 0.25) is 0 Å². The molecule has 0 aliphatic heterocycles. The summed E-state index contributed by atoms with van der Waals surface area (Å²) in [6, 6.07) is 9.24. The van der Waals surface area contributed by atoms with E-state index in [1.165, 1.54) is 40.7 Å². The highest BCUT2D eigenvalue weighted by atomic mass is 32.2. The molecule has 0 aliphatic rings. The first-order valence-electron chi connectivity index (χ1n) is 8.55. The molecule has 2 aromatic rings. The Morgan fingerprint density at radius 1 is 1.18 bits per heavy atom. The van der Waals surface area contributed by atoms with Crippen molar-refractivity contribution in [1.29, 1.82) is 0 Å². The van der Waals surface area contributed by atoms with Crippen LogP contribution in [0.15, 0.2) is 52.5 Å². The van der Waals surface area contributed by atoms with E-state index in [0.29, 0.717) is 11.3 Å². The number of halogens is 1. The van der Waals surface area contributed by atoms with Gasteiger partial charge in [0, 0.05) is 19.2 Å². The minimum absolute atomic E-state index is 0.0463. The second-order valence-electron chi connectivity index (χ2n) is 5.84. The maximum absolute atomic E-state index is 13.0. The number of hydrazone groups is 1. The van der Waals surface area contributed by atoms with E-state index in [-0.39, 0.29) is 29.5 Å². The fourth-order valence-electron chi connectivity index (χ4n) is 2.53. The third kappa shape index (κ3) is 4.70. The number of rotatable bonds is 8. The van der Waals surface area contributed by atoms with Crippen LogP contribution >= 0.6 is 0 Å². The van der Waals surface area contributed by atoms with E-state index < -0.39 is 20.6 Å². The van der Waals surface area contributed by atoms with Crippen molar-refractivity contribution in [1.82, 2.24) is 4.31 Å². The zero-order valence-electron chi connectivity index (χ0n) is 15.7. The largest absolute Gasteiger partial charge is 0.295 e. The van der Waals surface area contributed by atoms with Gasteiger partial charge < -0.3 is 0 Å². The Hall–Kier alpha value is -2.85. The van der Waals surface area contributed by atoms with Crippen molar-refractivity contribution >= 4 is 27.1 Å². The molecule has 0 aromatic heterocycles. The van der Waals surface area contributed by atoms with Crippen LogP contribution in [-0.4, -0.2) is 36.4 Å². The van der Waals surface area contributed by atoms with Gasteiger partial charge in [-0.05, 0) is 36.8 Å². The molecular formula is C18H21FN4O4S. The number of nitrogens with one attached hydrogen (secondary N) is 1. The second kappa shape index (κ2) is 8.89. The predicted molar refractivity (Wildman–Crippen MR) is 105 cm³/mol. The summed E-state index contributed by atoms with van der Waals surface area (Å²) in [4.78, 5) is 10.6. The standard InChI is InChI=1S/C18H21FN4O4S/c1-4-22(5-2)28(26,27)16-10-11-17(18(12-16)23(24)25)21-20-13(3)14-6-8-15(19)9-7-14/h6-12,21H,4-5H2,1-3H3/b20-13+. The molecule has 8 nitrogen and oxygen atoms in total. The molecule has 0 atom stereocenters. The summed E-state index contributed by atoms with van der Waals surface area (Å²) in [5.74, 6) is -0.384. The van der Waals surface area contributed by atoms with Gasteiger partial charge >= 0.3 is 0 Å². The lowest BCUT2D eigenvalue weighted by atomic mass is 10.1. The first-order chi connectivity index (χ1) is 13.2. The van der Waals surface area contributed by atoms with Gasteiger partial charge in [0.2, 0.25) is 10.0 Å². The molecule has 2 aromatic carbocycles. The highest BCUT2D eigenvalue weighted by Gasteiger charge is 2.25. The zero-order valence-corrected chi connectivity index (χ0v) is 16.5. The maximum atomic E-state index is 13.0. The number of nitro benzene ring substituents is 1.